The molecular weight excluding hydrogens is 184 g/mol. The quantitative estimate of drug-likeness (QED) is 0.746. The topological polar surface area (TPSA) is 41.1 Å². The van der Waals surface area contributed by atoms with Gasteiger partial charge >= 0.3 is 0 Å². The third-order valence-electron chi connectivity index (χ3n) is 2.25. The Morgan fingerprint density at radius 3 is 2.92 bits per heavy atom. The van der Waals surface area contributed by atoms with Crippen molar-refractivity contribution in [3.63, 3.8) is 0 Å². The minimum atomic E-state index is 0.143. The summed E-state index contributed by atoms with van der Waals surface area (Å²) in [6.07, 6.45) is 0. The van der Waals surface area contributed by atoms with Gasteiger partial charge in [-0.05, 0) is 23.9 Å². The third kappa shape index (κ3) is 1.73. The van der Waals surface area contributed by atoms with E-state index in [1.165, 1.54) is 0 Å². The summed E-state index contributed by atoms with van der Waals surface area (Å²) in [4.78, 5) is 11.5. The Balaban J connectivity index is 1.97. The van der Waals surface area contributed by atoms with Crippen molar-refractivity contribution in [3.05, 3.63) is 17.0 Å². The van der Waals surface area contributed by atoms with Crippen molar-refractivity contribution in [1.82, 2.24) is 5.32 Å². The molecule has 4 heteroatoms. The normalized spacial score (nSPS) is 16.7. The molecule has 0 atom stereocenters. The maximum absolute atomic E-state index is 11.5. The van der Waals surface area contributed by atoms with Crippen LogP contribution in [0.2, 0.25) is 0 Å². The highest BCUT2D eigenvalue weighted by molar-refractivity contribution is 7.14. The molecule has 0 unspecified atom stereocenters. The molecule has 13 heavy (non-hydrogen) atoms. The summed E-state index contributed by atoms with van der Waals surface area (Å²) < 4.78 is 0. The fourth-order valence-electron chi connectivity index (χ4n) is 1.19. The zero-order valence-electron chi connectivity index (χ0n) is 7.46. The molecule has 1 amide bonds. The largest absolute Gasteiger partial charge is 0.317 e. The molecule has 0 bridgehead atoms. The highest BCUT2D eigenvalue weighted by Crippen LogP contribution is 2.22. The summed E-state index contributed by atoms with van der Waals surface area (Å²) in [5.41, 5.74) is 1.14. The van der Waals surface area contributed by atoms with E-state index in [0.717, 1.165) is 23.7 Å². The van der Waals surface area contributed by atoms with Crippen LogP contribution in [0.1, 0.15) is 5.56 Å². The Hall–Kier alpha value is -0.870. The van der Waals surface area contributed by atoms with Crippen LogP contribution in [0, 0.1) is 12.8 Å². The smallest absolute Gasteiger partial charge is 0.230 e. The van der Waals surface area contributed by atoms with Crippen LogP contribution in [0.5, 0.6) is 0 Å². The molecule has 2 N–H and O–H groups in total. The van der Waals surface area contributed by atoms with Crippen LogP contribution in [-0.4, -0.2) is 19.0 Å². The van der Waals surface area contributed by atoms with Crippen LogP contribution >= 0.6 is 11.3 Å². The van der Waals surface area contributed by atoms with Gasteiger partial charge < -0.3 is 10.6 Å². The van der Waals surface area contributed by atoms with Gasteiger partial charge in [-0.1, -0.05) is 0 Å². The first-order valence-electron chi connectivity index (χ1n) is 4.33. The number of carbonyl (C=O) groups is 1. The molecule has 3 nitrogen and oxygen atoms in total. The fraction of sp³-hybridized carbons (Fsp3) is 0.444. The molecule has 0 saturated carbocycles. The van der Waals surface area contributed by atoms with Crippen molar-refractivity contribution >= 4 is 22.2 Å². The van der Waals surface area contributed by atoms with E-state index in [9.17, 15) is 4.79 Å². The number of nitrogens with one attached hydrogen (secondary N) is 2. The molecule has 70 valence electrons. The Labute approximate surface area is 81.2 Å². The molecule has 1 aromatic heterocycles. The van der Waals surface area contributed by atoms with Crippen LogP contribution in [0.15, 0.2) is 11.4 Å². The summed E-state index contributed by atoms with van der Waals surface area (Å²) in [5, 5.41) is 8.98. The van der Waals surface area contributed by atoms with Gasteiger partial charge in [0.15, 0.2) is 0 Å². The predicted octanol–water partition coefficient (Wildman–Crippen LogP) is 1.21. The molecule has 0 spiro atoms. The minimum Gasteiger partial charge on any atom is -0.317 e. The van der Waals surface area contributed by atoms with Crippen molar-refractivity contribution < 1.29 is 4.79 Å². The standard InChI is InChI=1S/C9H12N2OS/c1-6-2-3-13-9(6)11-8(12)7-4-10-5-7/h2-3,7,10H,4-5H2,1H3,(H,11,12). The number of hydrogen-bond donors (Lipinski definition) is 2. The first-order valence-corrected chi connectivity index (χ1v) is 5.21. The van der Waals surface area contributed by atoms with E-state index in [-0.39, 0.29) is 11.8 Å². The first-order chi connectivity index (χ1) is 6.27. The number of aryl methyl sites for hydroxylation is 1. The molecule has 0 aromatic carbocycles. The zero-order valence-corrected chi connectivity index (χ0v) is 8.28. The van der Waals surface area contributed by atoms with E-state index in [1.807, 2.05) is 18.4 Å². The number of hydrogen-bond acceptors (Lipinski definition) is 3. The molecule has 0 radical (unpaired) electrons. The average molecular weight is 196 g/mol. The summed E-state index contributed by atoms with van der Waals surface area (Å²) in [5.74, 6) is 0.311. The van der Waals surface area contributed by atoms with Gasteiger partial charge in [0.1, 0.15) is 0 Å². The molecule has 2 heterocycles. The molecule has 2 rings (SSSR count). The summed E-state index contributed by atoms with van der Waals surface area (Å²) in [6, 6.07) is 2.01. The van der Waals surface area contributed by atoms with E-state index in [2.05, 4.69) is 10.6 Å². The van der Waals surface area contributed by atoms with E-state index in [4.69, 9.17) is 0 Å². The van der Waals surface area contributed by atoms with E-state index < -0.39 is 0 Å². The van der Waals surface area contributed by atoms with Gasteiger partial charge in [0.2, 0.25) is 5.91 Å². The minimum absolute atomic E-state index is 0.143. The molecule has 1 saturated heterocycles. The first kappa shape index (κ1) is 8.72. The zero-order chi connectivity index (χ0) is 9.26. The van der Waals surface area contributed by atoms with Crippen molar-refractivity contribution in [3.8, 4) is 0 Å². The van der Waals surface area contributed by atoms with E-state index >= 15 is 0 Å². The summed E-state index contributed by atoms with van der Waals surface area (Å²) in [6.45, 7) is 3.64. The molecule has 1 fully saturated rings. The van der Waals surface area contributed by atoms with Crippen LogP contribution in [0.4, 0.5) is 5.00 Å². The number of anilines is 1. The second kappa shape index (κ2) is 3.47. The van der Waals surface area contributed by atoms with Crippen LogP contribution < -0.4 is 10.6 Å². The van der Waals surface area contributed by atoms with Gasteiger partial charge in [0, 0.05) is 13.1 Å². The van der Waals surface area contributed by atoms with Crippen molar-refractivity contribution in [2.24, 2.45) is 5.92 Å². The number of thiophene rings is 1. The monoisotopic (exact) mass is 196 g/mol. The second-order valence-electron chi connectivity index (χ2n) is 3.28. The Kier molecular flexibility index (Phi) is 2.33. The number of amides is 1. The Morgan fingerprint density at radius 1 is 1.69 bits per heavy atom. The third-order valence-corrected chi connectivity index (χ3v) is 3.18. The van der Waals surface area contributed by atoms with Crippen molar-refractivity contribution in [2.45, 2.75) is 6.92 Å². The average Bonchev–Trinajstić information content (AvgIpc) is 2.32. The summed E-state index contributed by atoms with van der Waals surface area (Å²) >= 11 is 1.58. The van der Waals surface area contributed by atoms with Gasteiger partial charge in [0.05, 0.1) is 10.9 Å². The lowest BCUT2D eigenvalue weighted by atomic mass is 10.0. The van der Waals surface area contributed by atoms with Gasteiger partial charge in [-0.3, -0.25) is 4.79 Å². The second-order valence-corrected chi connectivity index (χ2v) is 4.19. The van der Waals surface area contributed by atoms with Crippen molar-refractivity contribution in [1.29, 1.82) is 0 Å². The lowest BCUT2D eigenvalue weighted by molar-refractivity contribution is -0.121. The lowest BCUT2D eigenvalue weighted by Gasteiger charge is -2.25. The SMILES string of the molecule is Cc1ccsc1NC(=O)C1CNC1. The number of rotatable bonds is 2. The van der Waals surface area contributed by atoms with Gasteiger partial charge in [0.25, 0.3) is 0 Å². The maximum Gasteiger partial charge on any atom is 0.230 e. The lowest BCUT2D eigenvalue weighted by Crippen LogP contribution is -2.48. The molecule has 1 aliphatic rings. The molecule has 1 aromatic rings. The van der Waals surface area contributed by atoms with Crippen molar-refractivity contribution in [2.75, 3.05) is 18.4 Å². The molecule has 0 aliphatic carbocycles. The summed E-state index contributed by atoms with van der Waals surface area (Å²) in [7, 11) is 0. The molecular formula is C9H12N2OS. The highest BCUT2D eigenvalue weighted by Gasteiger charge is 2.25. The van der Waals surface area contributed by atoms with E-state index in [0.29, 0.717) is 0 Å². The maximum atomic E-state index is 11.5. The predicted molar refractivity (Wildman–Crippen MR) is 54.0 cm³/mol. The van der Waals surface area contributed by atoms with Gasteiger partial charge in [-0.25, -0.2) is 0 Å². The van der Waals surface area contributed by atoms with Crippen LogP contribution in [0.25, 0.3) is 0 Å². The molecule has 1 aliphatic heterocycles. The Bertz CT molecular complexity index is 317. The van der Waals surface area contributed by atoms with Crippen LogP contribution in [-0.2, 0) is 4.79 Å². The van der Waals surface area contributed by atoms with E-state index in [1.54, 1.807) is 11.3 Å². The number of carbonyl (C=O) groups excluding carboxylic acids is 1. The Morgan fingerprint density at radius 2 is 2.46 bits per heavy atom. The van der Waals surface area contributed by atoms with Gasteiger partial charge in [-0.15, -0.1) is 11.3 Å². The van der Waals surface area contributed by atoms with Crippen LogP contribution in [0.3, 0.4) is 0 Å². The van der Waals surface area contributed by atoms with Gasteiger partial charge in [-0.2, -0.15) is 0 Å². The fourth-order valence-corrected chi connectivity index (χ4v) is 2.01. The highest BCUT2D eigenvalue weighted by atomic mass is 32.1.